The monoisotopic (exact) mass is 353 g/mol. The molecule has 2 aromatic rings. The molecule has 0 aliphatic rings. The fourth-order valence-electron chi connectivity index (χ4n) is 1.34. The van der Waals surface area contributed by atoms with E-state index in [1.807, 2.05) is 36.4 Å². The quantitative estimate of drug-likeness (QED) is 0.781. The summed E-state index contributed by atoms with van der Waals surface area (Å²) < 4.78 is 1.53. The molecule has 0 atom stereocenters. The molecule has 0 saturated heterocycles. The van der Waals surface area contributed by atoms with E-state index in [0.29, 0.717) is 10.0 Å². The van der Waals surface area contributed by atoms with E-state index in [4.69, 9.17) is 0 Å². The van der Waals surface area contributed by atoms with Crippen LogP contribution in [0.5, 0.6) is 5.75 Å². The molecule has 0 aliphatic carbocycles. The van der Waals surface area contributed by atoms with Crippen LogP contribution in [-0.4, -0.2) is 11.3 Å². The standard InChI is InChI=1S/C13H9Br2NO/c14-10-6-9(13(17)12(15)7-10)8-16-11-4-2-1-3-5-11/h1-8,17H. The number of rotatable bonds is 2. The lowest BCUT2D eigenvalue weighted by Gasteiger charge is -2.02. The second kappa shape index (κ2) is 5.47. The summed E-state index contributed by atoms with van der Waals surface area (Å²) in [6.07, 6.45) is 1.64. The Bertz CT molecular complexity index is 553. The number of para-hydroxylation sites is 1. The molecule has 0 saturated carbocycles. The third-order valence-corrected chi connectivity index (χ3v) is 3.23. The molecule has 2 aromatic carbocycles. The zero-order chi connectivity index (χ0) is 12.3. The molecule has 1 N–H and O–H groups in total. The summed E-state index contributed by atoms with van der Waals surface area (Å²) >= 11 is 6.65. The molecule has 2 nitrogen and oxygen atoms in total. The summed E-state index contributed by atoms with van der Waals surface area (Å²) in [5, 5.41) is 9.84. The minimum absolute atomic E-state index is 0.188. The van der Waals surface area contributed by atoms with Crippen LogP contribution in [0.25, 0.3) is 0 Å². The van der Waals surface area contributed by atoms with Gasteiger partial charge in [-0.05, 0) is 40.2 Å². The minimum Gasteiger partial charge on any atom is -0.506 e. The SMILES string of the molecule is Oc1c(Br)cc(Br)cc1C=Nc1ccccc1. The molecule has 0 amide bonds. The van der Waals surface area contributed by atoms with E-state index in [-0.39, 0.29) is 5.75 Å². The number of phenolic OH excluding ortho intramolecular Hbond substituents is 1. The lowest BCUT2D eigenvalue weighted by atomic mass is 10.2. The summed E-state index contributed by atoms with van der Waals surface area (Å²) in [6, 6.07) is 13.2. The van der Waals surface area contributed by atoms with Gasteiger partial charge in [0, 0.05) is 16.3 Å². The van der Waals surface area contributed by atoms with Crippen LogP contribution in [-0.2, 0) is 0 Å². The molecule has 4 heteroatoms. The van der Waals surface area contributed by atoms with E-state index in [1.165, 1.54) is 0 Å². The van der Waals surface area contributed by atoms with Crippen molar-refractivity contribution in [1.82, 2.24) is 0 Å². The normalized spacial score (nSPS) is 10.9. The third-order valence-electron chi connectivity index (χ3n) is 2.17. The van der Waals surface area contributed by atoms with Crippen LogP contribution in [0.3, 0.4) is 0 Å². The zero-order valence-electron chi connectivity index (χ0n) is 8.77. The van der Waals surface area contributed by atoms with Crippen molar-refractivity contribution in [3.63, 3.8) is 0 Å². The van der Waals surface area contributed by atoms with Crippen molar-refractivity contribution < 1.29 is 5.11 Å². The highest BCUT2D eigenvalue weighted by Gasteiger charge is 2.04. The predicted octanol–water partition coefficient (Wildman–Crippen LogP) is 4.67. The number of phenols is 1. The molecule has 0 heterocycles. The highest BCUT2D eigenvalue weighted by Crippen LogP contribution is 2.30. The number of aliphatic imine (C=N–C) groups is 1. The summed E-state index contributed by atoms with van der Waals surface area (Å²) in [5.41, 5.74) is 1.51. The van der Waals surface area contributed by atoms with Crippen LogP contribution in [0.1, 0.15) is 5.56 Å². The maximum atomic E-state index is 9.84. The van der Waals surface area contributed by atoms with Crippen LogP contribution >= 0.6 is 31.9 Å². The predicted molar refractivity (Wildman–Crippen MR) is 77.2 cm³/mol. The molecule has 0 radical (unpaired) electrons. The zero-order valence-corrected chi connectivity index (χ0v) is 11.9. The van der Waals surface area contributed by atoms with Crippen molar-refractivity contribution in [1.29, 1.82) is 0 Å². The smallest absolute Gasteiger partial charge is 0.138 e. The van der Waals surface area contributed by atoms with Gasteiger partial charge in [0.1, 0.15) is 5.75 Å². The molecular formula is C13H9Br2NO. The highest BCUT2D eigenvalue weighted by atomic mass is 79.9. The Morgan fingerprint density at radius 1 is 1.06 bits per heavy atom. The van der Waals surface area contributed by atoms with E-state index in [2.05, 4.69) is 36.9 Å². The Balaban J connectivity index is 2.33. The van der Waals surface area contributed by atoms with Crippen LogP contribution < -0.4 is 0 Å². The van der Waals surface area contributed by atoms with Gasteiger partial charge in [-0.25, -0.2) is 0 Å². The van der Waals surface area contributed by atoms with E-state index < -0.39 is 0 Å². The van der Waals surface area contributed by atoms with Crippen LogP contribution in [0.2, 0.25) is 0 Å². The van der Waals surface area contributed by atoms with Gasteiger partial charge in [-0.1, -0.05) is 34.1 Å². The van der Waals surface area contributed by atoms with Gasteiger partial charge in [0.05, 0.1) is 10.2 Å². The van der Waals surface area contributed by atoms with Gasteiger partial charge in [-0.3, -0.25) is 4.99 Å². The summed E-state index contributed by atoms with van der Waals surface area (Å²) in [5.74, 6) is 0.188. The largest absolute Gasteiger partial charge is 0.506 e. The summed E-state index contributed by atoms with van der Waals surface area (Å²) in [6.45, 7) is 0. The number of nitrogens with zero attached hydrogens (tertiary/aromatic N) is 1. The van der Waals surface area contributed by atoms with Crippen molar-refractivity contribution in [2.24, 2.45) is 4.99 Å². The van der Waals surface area contributed by atoms with Crippen molar-refractivity contribution in [3.8, 4) is 5.75 Å². The Hall–Kier alpha value is -1.13. The molecule has 0 spiro atoms. The van der Waals surface area contributed by atoms with E-state index in [1.54, 1.807) is 12.3 Å². The molecule has 17 heavy (non-hydrogen) atoms. The second-order valence-electron chi connectivity index (χ2n) is 3.42. The molecule has 2 rings (SSSR count). The van der Waals surface area contributed by atoms with Crippen molar-refractivity contribution in [2.75, 3.05) is 0 Å². The number of hydrogen-bond acceptors (Lipinski definition) is 2. The van der Waals surface area contributed by atoms with Crippen LogP contribution in [0, 0.1) is 0 Å². The average Bonchev–Trinajstić information content (AvgIpc) is 2.33. The first-order chi connectivity index (χ1) is 8.16. The number of aromatic hydroxyl groups is 1. The minimum atomic E-state index is 0.188. The Kier molecular flexibility index (Phi) is 3.97. The molecule has 0 unspecified atom stereocenters. The summed E-state index contributed by atoms with van der Waals surface area (Å²) in [7, 11) is 0. The Morgan fingerprint density at radius 2 is 1.76 bits per heavy atom. The first kappa shape index (κ1) is 12.3. The number of halogens is 2. The maximum absolute atomic E-state index is 9.84. The molecule has 0 aliphatic heterocycles. The third kappa shape index (κ3) is 3.17. The van der Waals surface area contributed by atoms with Gasteiger partial charge >= 0.3 is 0 Å². The average molecular weight is 355 g/mol. The molecule has 86 valence electrons. The maximum Gasteiger partial charge on any atom is 0.138 e. The molecule has 0 bridgehead atoms. The van der Waals surface area contributed by atoms with Crippen molar-refractivity contribution >= 4 is 43.8 Å². The van der Waals surface area contributed by atoms with Gasteiger partial charge in [0.15, 0.2) is 0 Å². The Morgan fingerprint density at radius 3 is 2.47 bits per heavy atom. The number of hydrogen-bond donors (Lipinski definition) is 1. The highest BCUT2D eigenvalue weighted by molar-refractivity contribution is 9.11. The fraction of sp³-hybridized carbons (Fsp3) is 0. The van der Waals surface area contributed by atoms with Gasteiger partial charge in [-0.2, -0.15) is 0 Å². The Labute approximate surface area is 116 Å². The van der Waals surface area contributed by atoms with Gasteiger partial charge in [0.2, 0.25) is 0 Å². The summed E-state index contributed by atoms with van der Waals surface area (Å²) in [4.78, 5) is 4.29. The molecule has 0 fully saturated rings. The fourth-order valence-corrected chi connectivity index (χ4v) is 2.60. The van der Waals surface area contributed by atoms with E-state index >= 15 is 0 Å². The van der Waals surface area contributed by atoms with Crippen LogP contribution in [0.15, 0.2) is 56.4 Å². The van der Waals surface area contributed by atoms with Gasteiger partial charge < -0.3 is 5.11 Å². The topological polar surface area (TPSA) is 32.6 Å². The van der Waals surface area contributed by atoms with Gasteiger partial charge in [0.25, 0.3) is 0 Å². The second-order valence-corrected chi connectivity index (χ2v) is 5.19. The van der Waals surface area contributed by atoms with Crippen molar-refractivity contribution in [2.45, 2.75) is 0 Å². The first-order valence-corrected chi connectivity index (χ1v) is 6.52. The number of benzene rings is 2. The van der Waals surface area contributed by atoms with E-state index in [9.17, 15) is 5.11 Å². The lowest BCUT2D eigenvalue weighted by molar-refractivity contribution is 0.471. The molecule has 0 aromatic heterocycles. The van der Waals surface area contributed by atoms with Gasteiger partial charge in [-0.15, -0.1) is 0 Å². The lowest BCUT2D eigenvalue weighted by Crippen LogP contribution is -1.84. The molecular weight excluding hydrogens is 346 g/mol. The van der Waals surface area contributed by atoms with Crippen LogP contribution in [0.4, 0.5) is 5.69 Å². The first-order valence-electron chi connectivity index (χ1n) is 4.94. The van der Waals surface area contributed by atoms with Crippen molar-refractivity contribution in [3.05, 3.63) is 57.0 Å². The van der Waals surface area contributed by atoms with E-state index in [0.717, 1.165) is 10.2 Å².